The molecular weight excluding hydrogens is 432 g/mol. The molecule has 1 saturated heterocycles. The summed E-state index contributed by atoms with van der Waals surface area (Å²) in [4.78, 5) is 25.4. The fourth-order valence-electron chi connectivity index (χ4n) is 4.94. The van der Waals surface area contributed by atoms with Gasteiger partial charge in [0.25, 0.3) is 5.91 Å². The summed E-state index contributed by atoms with van der Waals surface area (Å²) in [6, 6.07) is 17.1. The zero-order chi connectivity index (χ0) is 21.6. The maximum absolute atomic E-state index is 13.6. The number of rotatable bonds is 4. The van der Waals surface area contributed by atoms with E-state index >= 15 is 0 Å². The van der Waals surface area contributed by atoms with Crippen LogP contribution in [0.5, 0.6) is 0 Å². The number of carboxylic acid groups (broad SMARTS) is 1. The van der Waals surface area contributed by atoms with E-state index in [2.05, 4.69) is 5.32 Å². The molecule has 1 fully saturated rings. The van der Waals surface area contributed by atoms with Crippen LogP contribution in [0.2, 0.25) is 0 Å². The van der Waals surface area contributed by atoms with Crippen LogP contribution in [0.3, 0.4) is 0 Å². The van der Waals surface area contributed by atoms with Gasteiger partial charge in [0.1, 0.15) is 10.9 Å². The molecule has 3 aromatic rings. The van der Waals surface area contributed by atoms with Crippen LogP contribution >= 0.6 is 22.9 Å². The number of benzene rings is 2. The highest BCUT2D eigenvalue weighted by atomic mass is 35.5. The molecule has 156 valence electrons. The summed E-state index contributed by atoms with van der Waals surface area (Å²) in [5.74, 6) is -2.69. The first kappa shape index (κ1) is 20.0. The van der Waals surface area contributed by atoms with Gasteiger partial charge in [-0.25, -0.2) is 0 Å². The molecule has 0 bridgehead atoms. The number of carbonyl (C=O) groups is 2. The number of nitrogens with one attached hydrogen (secondary N) is 2. The molecule has 5 nitrogen and oxygen atoms in total. The Balaban J connectivity index is 1.68. The number of halogens is 1. The van der Waals surface area contributed by atoms with E-state index in [1.807, 2.05) is 65.5 Å². The third-order valence-electron chi connectivity index (χ3n) is 6.21. The van der Waals surface area contributed by atoms with Gasteiger partial charge in [-0.1, -0.05) is 42.5 Å². The van der Waals surface area contributed by atoms with Crippen LogP contribution in [0.25, 0.3) is 6.08 Å². The molecule has 0 spiro atoms. The van der Waals surface area contributed by atoms with Gasteiger partial charge in [0, 0.05) is 11.3 Å². The number of anilines is 1. The number of amides is 1. The average Bonchev–Trinajstić information content (AvgIpc) is 3.39. The normalized spacial score (nSPS) is 28.5. The van der Waals surface area contributed by atoms with Crippen LogP contribution in [0.15, 0.2) is 77.6 Å². The SMILES string of the molecule is O=C([O-])[C@@H]1[C@@H]2c3ccccc3C=C[NH+]2[C@H](C(=O)Nc2ccccc2)[C@]1(Cl)c1ccsc1. The van der Waals surface area contributed by atoms with Gasteiger partial charge in [-0.3, -0.25) is 9.69 Å². The summed E-state index contributed by atoms with van der Waals surface area (Å²) >= 11 is 8.66. The average molecular weight is 451 g/mol. The highest BCUT2D eigenvalue weighted by Gasteiger charge is 2.67. The van der Waals surface area contributed by atoms with Crippen LogP contribution in [0.1, 0.15) is 22.7 Å². The van der Waals surface area contributed by atoms with Gasteiger partial charge < -0.3 is 15.2 Å². The summed E-state index contributed by atoms with van der Waals surface area (Å²) in [5, 5.41) is 19.1. The number of hydrogen-bond donors (Lipinski definition) is 2. The molecule has 0 radical (unpaired) electrons. The molecule has 0 aliphatic carbocycles. The van der Waals surface area contributed by atoms with E-state index in [1.54, 1.807) is 18.2 Å². The van der Waals surface area contributed by atoms with Crippen molar-refractivity contribution in [2.24, 2.45) is 5.92 Å². The van der Waals surface area contributed by atoms with E-state index in [1.165, 1.54) is 11.3 Å². The first-order chi connectivity index (χ1) is 15.0. The molecule has 1 aromatic heterocycles. The van der Waals surface area contributed by atoms with Gasteiger partial charge in [-0.2, -0.15) is 11.3 Å². The maximum Gasteiger partial charge on any atom is 0.285 e. The van der Waals surface area contributed by atoms with Crippen molar-refractivity contribution in [3.8, 4) is 0 Å². The number of quaternary nitrogens is 1. The summed E-state index contributed by atoms with van der Waals surface area (Å²) in [6.07, 6.45) is 3.78. The van der Waals surface area contributed by atoms with E-state index in [9.17, 15) is 14.7 Å². The standard InChI is InChI=1S/C24H19ClN2O3S/c25-24(16-11-13-31-14-16)19(23(29)30)20-18-9-5-4-6-15(18)10-12-27(20)21(24)22(28)26-17-7-2-1-3-8-17/h1-14,19-21H,(H,26,28)(H,29,30)/t19-,20-,21+,24-/m0/s1. The summed E-state index contributed by atoms with van der Waals surface area (Å²) in [7, 11) is 0. The number of carbonyl (C=O) groups excluding carboxylic acids is 2. The number of hydrogen-bond acceptors (Lipinski definition) is 4. The van der Waals surface area contributed by atoms with E-state index < -0.39 is 28.8 Å². The minimum atomic E-state index is -1.47. The third kappa shape index (κ3) is 3.10. The fourth-order valence-corrected chi connectivity index (χ4v) is 6.29. The van der Waals surface area contributed by atoms with Crippen molar-refractivity contribution >= 4 is 46.6 Å². The van der Waals surface area contributed by atoms with Gasteiger partial charge in [0.05, 0.1) is 18.1 Å². The molecule has 2 aromatic carbocycles. The first-order valence-electron chi connectivity index (χ1n) is 9.94. The summed E-state index contributed by atoms with van der Waals surface area (Å²) < 4.78 is 0. The Bertz CT molecular complexity index is 1160. The predicted octanol–water partition coefficient (Wildman–Crippen LogP) is 2.18. The van der Waals surface area contributed by atoms with E-state index in [4.69, 9.17) is 11.6 Å². The van der Waals surface area contributed by atoms with Gasteiger partial charge in [0.2, 0.25) is 0 Å². The van der Waals surface area contributed by atoms with Crippen LogP contribution in [-0.4, -0.2) is 17.9 Å². The van der Waals surface area contributed by atoms with E-state index in [-0.39, 0.29) is 5.91 Å². The zero-order valence-corrected chi connectivity index (χ0v) is 17.9. The van der Waals surface area contributed by atoms with Crippen LogP contribution < -0.4 is 15.3 Å². The summed E-state index contributed by atoms with van der Waals surface area (Å²) in [6.45, 7) is 0. The van der Waals surface area contributed by atoms with Crippen LogP contribution in [-0.2, 0) is 14.5 Å². The van der Waals surface area contributed by atoms with Crippen molar-refractivity contribution in [2.45, 2.75) is 17.0 Å². The van der Waals surface area contributed by atoms with Gasteiger partial charge in [-0.05, 0) is 46.2 Å². The summed E-state index contributed by atoms with van der Waals surface area (Å²) in [5.41, 5.74) is 3.03. The quantitative estimate of drug-likeness (QED) is 0.598. The molecule has 3 heterocycles. The highest BCUT2D eigenvalue weighted by Crippen LogP contribution is 2.50. The molecule has 2 N–H and O–H groups in total. The van der Waals surface area contributed by atoms with Gasteiger partial charge >= 0.3 is 0 Å². The number of fused-ring (bicyclic) bond motifs is 3. The molecule has 1 amide bonds. The lowest BCUT2D eigenvalue weighted by molar-refractivity contribution is -0.884. The Hall–Kier alpha value is -2.93. The Morgan fingerprint density at radius 2 is 1.81 bits per heavy atom. The van der Waals surface area contributed by atoms with Crippen molar-refractivity contribution in [3.63, 3.8) is 0 Å². The van der Waals surface area contributed by atoms with Crippen LogP contribution in [0.4, 0.5) is 5.69 Å². The second-order valence-electron chi connectivity index (χ2n) is 7.80. The number of carboxylic acids is 1. The Labute approximate surface area is 188 Å². The second-order valence-corrected chi connectivity index (χ2v) is 9.21. The van der Waals surface area contributed by atoms with E-state index in [0.717, 1.165) is 11.1 Å². The highest BCUT2D eigenvalue weighted by molar-refractivity contribution is 7.08. The molecule has 5 atom stereocenters. The molecular formula is C24H19ClN2O3S. The number of aliphatic carboxylic acids is 1. The van der Waals surface area contributed by atoms with Crippen molar-refractivity contribution in [1.29, 1.82) is 0 Å². The lowest BCUT2D eigenvalue weighted by atomic mass is 9.79. The number of para-hydroxylation sites is 1. The van der Waals surface area contributed by atoms with Crippen molar-refractivity contribution in [2.75, 3.05) is 5.32 Å². The molecule has 31 heavy (non-hydrogen) atoms. The van der Waals surface area contributed by atoms with E-state index in [0.29, 0.717) is 16.2 Å². The first-order valence-corrected chi connectivity index (χ1v) is 11.3. The molecule has 2 aliphatic heterocycles. The fraction of sp³-hybridized carbons (Fsp3) is 0.167. The Kier molecular flexibility index (Phi) is 4.93. The lowest BCUT2D eigenvalue weighted by Gasteiger charge is -2.31. The van der Waals surface area contributed by atoms with Gasteiger partial charge in [-0.15, -0.1) is 11.6 Å². The largest absolute Gasteiger partial charge is 0.550 e. The molecule has 7 heteroatoms. The smallest absolute Gasteiger partial charge is 0.285 e. The molecule has 1 unspecified atom stereocenters. The molecule has 0 saturated carbocycles. The third-order valence-corrected chi connectivity index (χ3v) is 7.56. The minimum Gasteiger partial charge on any atom is -0.550 e. The minimum absolute atomic E-state index is 0.333. The van der Waals surface area contributed by atoms with Crippen LogP contribution in [0, 0.1) is 5.92 Å². The lowest BCUT2D eigenvalue weighted by Crippen LogP contribution is -3.12. The second kappa shape index (κ2) is 7.64. The molecule has 2 aliphatic rings. The van der Waals surface area contributed by atoms with Crippen molar-refractivity contribution < 1.29 is 19.6 Å². The monoisotopic (exact) mass is 450 g/mol. The van der Waals surface area contributed by atoms with Gasteiger partial charge in [0.15, 0.2) is 6.04 Å². The topological polar surface area (TPSA) is 73.7 Å². The zero-order valence-electron chi connectivity index (χ0n) is 16.3. The Morgan fingerprint density at radius 3 is 2.52 bits per heavy atom. The maximum atomic E-state index is 13.6. The number of alkyl halides is 1. The Morgan fingerprint density at radius 1 is 1.06 bits per heavy atom. The predicted molar refractivity (Wildman–Crippen MR) is 118 cm³/mol. The van der Waals surface area contributed by atoms with Crippen molar-refractivity contribution in [3.05, 3.63) is 94.3 Å². The van der Waals surface area contributed by atoms with Crippen molar-refractivity contribution in [1.82, 2.24) is 0 Å². The molecule has 5 rings (SSSR count). The number of thiophene rings is 1.